The van der Waals surface area contributed by atoms with Gasteiger partial charge in [0.25, 0.3) is 11.1 Å². The van der Waals surface area contributed by atoms with Gasteiger partial charge in [0.1, 0.15) is 5.76 Å². The Labute approximate surface area is 151 Å². The summed E-state index contributed by atoms with van der Waals surface area (Å²) >= 11 is 0.949. The first-order valence-electron chi connectivity index (χ1n) is 8.26. The maximum absolute atomic E-state index is 12.5. The number of imide groups is 1. The highest BCUT2D eigenvalue weighted by Crippen LogP contribution is 2.34. The van der Waals surface area contributed by atoms with Crippen LogP contribution in [0.4, 0.5) is 10.5 Å². The van der Waals surface area contributed by atoms with Gasteiger partial charge in [0.2, 0.25) is 0 Å². The molecule has 0 bridgehead atoms. The summed E-state index contributed by atoms with van der Waals surface area (Å²) < 4.78 is 5.19. The molecule has 1 aliphatic heterocycles. The largest absolute Gasteiger partial charge is 0.465 e. The zero-order chi connectivity index (χ0) is 17.6. The summed E-state index contributed by atoms with van der Waals surface area (Å²) in [4.78, 5) is 26.4. The number of amides is 2. The fourth-order valence-corrected chi connectivity index (χ4v) is 3.31. The fourth-order valence-electron chi connectivity index (χ4n) is 2.51. The Hall–Kier alpha value is -2.53. The van der Waals surface area contributed by atoms with Crippen molar-refractivity contribution in [2.24, 2.45) is 0 Å². The average molecular weight is 353 g/mol. The lowest BCUT2D eigenvalue weighted by Crippen LogP contribution is -2.27. The molecule has 2 aromatic rings. The predicted molar refractivity (Wildman–Crippen MR) is 101 cm³/mol. The molecule has 0 aliphatic carbocycles. The van der Waals surface area contributed by atoms with Crippen LogP contribution in [0.2, 0.25) is 0 Å². The van der Waals surface area contributed by atoms with Crippen LogP contribution < -0.4 is 4.90 Å². The second-order valence-electron chi connectivity index (χ2n) is 5.68. The van der Waals surface area contributed by atoms with Crippen LogP contribution in [0.5, 0.6) is 0 Å². The number of furan rings is 1. The third-order valence-corrected chi connectivity index (χ3v) is 4.75. The highest BCUT2D eigenvalue weighted by atomic mass is 32.2. The van der Waals surface area contributed by atoms with Gasteiger partial charge in [0.15, 0.2) is 0 Å². The molecule has 4 nitrogen and oxygen atoms in total. The first-order valence-corrected chi connectivity index (χ1v) is 9.08. The van der Waals surface area contributed by atoms with Gasteiger partial charge in [0.05, 0.1) is 16.9 Å². The normalized spacial score (nSPS) is 16.5. The molecule has 3 rings (SSSR count). The maximum atomic E-state index is 12.5. The highest BCUT2D eigenvalue weighted by molar-refractivity contribution is 8.18. The smallest absolute Gasteiger partial charge is 0.298 e. The van der Waals surface area contributed by atoms with Crippen molar-refractivity contribution in [1.29, 1.82) is 0 Å². The number of anilines is 1. The molecule has 0 unspecified atom stereocenters. The molecule has 1 aromatic carbocycles. The standard InChI is InChI=1S/C20H19NO3S/c1-2-3-6-15-10-12-16(13-11-15)21-19(22)18(25-20(21)23)9-4-7-17-8-5-14-24-17/h4-5,7-14H,2-3,6H2,1H3/b7-4+,18-9-. The number of rotatable bonds is 6. The zero-order valence-corrected chi connectivity index (χ0v) is 14.8. The van der Waals surface area contributed by atoms with Crippen LogP contribution in [-0.4, -0.2) is 11.1 Å². The lowest BCUT2D eigenvalue weighted by molar-refractivity contribution is -0.113. The minimum absolute atomic E-state index is 0.274. The summed E-state index contributed by atoms with van der Waals surface area (Å²) in [6.07, 6.45) is 9.96. The van der Waals surface area contributed by atoms with Crippen LogP contribution in [0, 0.1) is 0 Å². The van der Waals surface area contributed by atoms with Crippen molar-refractivity contribution in [3.05, 3.63) is 71.0 Å². The minimum Gasteiger partial charge on any atom is -0.465 e. The Morgan fingerprint density at radius 2 is 1.96 bits per heavy atom. The number of thioether (sulfide) groups is 1. The molecule has 128 valence electrons. The Bertz CT molecular complexity index is 804. The molecule has 0 saturated carbocycles. The van der Waals surface area contributed by atoms with Crippen LogP contribution in [0.15, 0.2) is 64.1 Å². The van der Waals surface area contributed by atoms with E-state index in [1.165, 1.54) is 10.5 Å². The molecule has 2 heterocycles. The second-order valence-corrected chi connectivity index (χ2v) is 6.68. The van der Waals surface area contributed by atoms with Gasteiger partial charge in [-0.1, -0.05) is 31.6 Å². The van der Waals surface area contributed by atoms with E-state index in [1.807, 2.05) is 30.3 Å². The third kappa shape index (κ3) is 4.12. The summed E-state index contributed by atoms with van der Waals surface area (Å²) in [5.41, 5.74) is 1.83. The Morgan fingerprint density at radius 3 is 2.64 bits per heavy atom. The number of allylic oxidation sites excluding steroid dienone is 2. The van der Waals surface area contributed by atoms with Crippen molar-refractivity contribution in [3.63, 3.8) is 0 Å². The third-order valence-electron chi connectivity index (χ3n) is 3.86. The molecule has 1 aliphatic rings. The lowest BCUT2D eigenvalue weighted by Gasteiger charge is -2.13. The number of aryl methyl sites for hydroxylation is 1. The van der Waals surface area contributed by atoms with Gasteiger partial charge in [-0.3, -0.25) is 9.59 Å². The van der Waals surface area contributed by atoms with Gasteiger partial charge in [-0.15, -0.1) is 0 Å². The number of benzene rings is 1. The number of carbonyl (C=O) groups is 2. The van der Waals surface area contributed by atoms with Crippen molar-refractivity contribution in [3.8, 4) is 0 Å². The number of unbranched alkanes of at least 4 members (excludes halogenated alkanes) is 1. The van der Waals surface area contributed by atoms with E-state index in [4.69, 9.17) is 4.42 Å². The van der Waals surface area contributed by atoms with Crippen molar-refractivity contribution >= 4 is 34.7 Å². The van der Waals surface area contributed by atoms with Gasteiger partial charge in [-0.2, -0.15) is 0 Å². The van der Waals surface area contributed by atoms with E-state index in [0.29, 0.717) is 16.4 Å². The van der Waals surface area contributed by atoms with Gasteiger partial charge in [-0.05, 0) is 66.6 Å². The lowest BCUT2D eigenvalue weighted by atomic mass is 10.1. The molecule has 25 heavy (non-hydrogen) atoms. The van der Waals surface area contributed by atoms with Gasteiger partial charge >= 0.3 is 0 Å². The molecular weight excluding hydrogens is 334 g/mol. The fraction of sp³-hybridized carbons (Fsp3) is 0.200. The minimum atomic E-state index is -0.291. The van der Waals surface area contributed by atoms with Crippen molar-refractivity contribution < 1.29 is 14.0 Å². The maximum Gasteiger partial charge on any atom is 0.298 e. The number of carbonyl (C=O) groups excluding carboxylic acids is 2. The molecule has 2 amide bonds. The van der Waals surface area contributed by atoms with Crippen LogP contribution in [0.25, 0.3) is 6.08 Å². The van der Waals surface area contributed by atoms with Crippen molar-refractivity contribution in [1.82, 2.24) is 0 Å². The van der Waals surface area contributed by atoms with Gasteiger partial charge in [0, 0.05) is 0 Å². The van der Waals surface area contributed by atoms with Crippen molar-refractivity contribution in [2.45, 2.75) is 26.2 Å². The van der Waals surface area contributed by atoms with E-state index in [2.05, 4.69) is 6.92 Å². The molecule has 0 N–H and O–H groups in total. The highest BCUT2D eigenvalue weighted by Gasteiger charge is 2.35. The van der Waals surface area contributed by atoms with E-state index < -0.39 is 0 Å². The average Bonchev–Trinajstić information content (AvgIpc) is 3.22. The topological polar surface area (TPSA) is 50.5 Å². The zero-order valence-electron chi connectivity index (χ0n) is 14.0. The number of hydrogen-bond acceptors (Lipinski definition) is 4. The van der Waals surface area contributed by atoms with Crippen LogP contribution in [-0.2, 0) is 11.2 Å². The summed E-state index contributed by atoms with van der Waals surface area (Å²) in [6.45, 7) is 2.15. The quantitative estimate of drug-likeness (QED) is 0.651. The predicted octanol–water partition coefficient (Wildman–Crippen LogP) is 5.42. The van der Waals surface area contributed by atoms with Gasteiger partial charge < -0.3 is 4.42 Å². The number of nitrogens with zero attached hydrogens (tertiary/aromatic N) is 1. The van der Waals surface area contributed by atoms with Crippen LogP contribution in [0.1, 0.15) is 31.1 Å². The molecule has 1 saturated heterocycles. The van der Waals surface area contributed by atoms with Crippen LogP contribution in [0.3, 0.4) is 0 Å². The summed E-state index contributed by atoms with van der Waals surface area (Å²) in [6, 6.07) is 11.2. The first kappa shape index (κ1) is 17.3. The Morgan fingerprint density at radius 1 is 1.16 bits per heavy atom. The van der Waals surface area contributed by atoms with E-state index in [-0.39, 0.29) is 11.1 Å². The molecule has 0 atom stereocenters. The molecule has 0 spiro atoms. The first-order chi connectivity index (χ1) is 12.2. The Kier molecular flexibility index (Phi) is 5.56. The molecule has 1 fully saturated rings. The van der Waals surface area contributed by atoms with E-state index >= 15 is 0 Å². The van der Waals surface area contributed by atoms with E-state index in [1.54, 1.807) is 30.6 Å². The SMILES string of the molecule is CCCCc1ccc(N2C(=O)S/C(=C\C=C\c3ccco3)C2=O)cc1. The molecule has 1 aromatic heterocycles. The van der Waals surface area contributed by atoms with Crippen molar-refractivity contribution in [2.75, 3.05) is 4.90 Å². The Balaban J connectivity index is 1.72. The molecule has 5 heteroatoms. The summed E-state index contributed by atoms with van der Waals surface area (Å²) in [5.74, 6) is 0.401. The summed E-state index contributed by atoms with van der Waals surface area (Å²) in [7, 11) is 0. The van der Waals surface area contributed by atoms with Gasteiger partial charge in [-0.25, -0.2) is 4.90 Å². The van der Waals surface area contributed by atoms with Crippen LogP contribution >= 0.6 is 11.8 Å². The molecule has 0 radical (unpaired) electrons. The number of hydrogen-bond donors (Lipinski definition) is 0. The van der Waals surface area contributed by atoms with E-state index in [9.17, 15) is 9.59 Å². The summed E-state index contributed by atoms with van der Waals surface area (Å²) in [5, 5.41) is -0.274. The van der Waals surface area contributed by atoms with E-state index in [0.717, 1.165) is 31.0 Å². The molecular formula is C20H19NO3S. The second kappa shape index (κ2) is 8.03. The monoisotopic (exact) mass is 353 g/mol.